The van der Waals surface area contributed by atoms with Crippen LogP contribution in [0.2, 0.25) is 0 Å². The maximum atomic E-state index is 2.20. The molecule has 9 heavy (non-hydrogen) atoms. The van der Waals surface area contributed by atoms with Gasteiger partial charge in [-0.2, -0.15) is 0 Å². The second-order valence-electron chi connectivity index (χ2n) is 1.32. The molecule has 1 rings (SSSR count). The van der Waals surface area contributed by atoms with Crippen LogP contribution in [0.3, 0.4) is 0 Å². The van der Waals surface area contributed by atoms with Crippen molar-refractivity contribution in [2.75, 3.05) is 0 Å². The fraction of sp³-hybridized carbons (Fsp3) is 0.200. The zero-order valence-electron chi connectivity index (χ0n) is 4.66. The molecule has 0 bridgehead atoms. The number of hydrogen-bond donors (Lipinski definition) is 0. The molecule has 0 aliphatic heterocycles. The molecule has 0 aromatic rings. The fourth-order valence-electron chi connectivity index (χ4n) is 0.447. The molecule has 1 aliphatic carbocycles. The minimum atomic E-state index is 0. The van der Waals surface area contributed by atoms with Crippen LogP contribution in [0.5, 0.6) is 0 Å². The summed E-state index contributed by atoms with van der Waals surface area (Å²) in [4.78, 5) is 0. The van der Waals surface area contributed by atoms with Gasteiger partial charge in [-0.05, 0) is 0 Å². The molecule has 0 nitrogen and oxygen atoms in total. The van der Waals surface area contributed by atoms with Crippen molar-refractivity contribution in [2.45, 2.75) is 6.42 Å². The molecule has 0 radical (unpaired) electrons. The summed E-state index contributed by atoms with van der Waals surface area (Å²) >= 11 is 1.25. The van der Waals surface area contributed by atoms with E-state index in [0.717, 1.165) is 0 Å². The van der Waals surface area contributed by atoms with E-state index in [1.165, 1.54) is 30.8 Å². The summed E-state index contributed by atoms with van der Waals surface area (Å²) in [5, 5.41) is 0. The van der Waals surface area contributed by atoms with Gasteiger partial charge in [0.15, 0.2) is 0 Å². The third kappa shape index (κ3) is 6.02. The first-order valence-corrected chi connectivity index (χ1v) is 3.76. The van der Waals surface area contributed by atoms with Gasteiger partial charge >= 0.3 is 52.4 Å². The predicted molar refractivity (Wildman–Crippen MR) is 29.3 cm³/mol. The van der Waals surface area contributed by atoms with E-state index < -0.39 is 0 Å². The molecule has 0 spiro atoms. The molecule has 0 N–H and O–H groups in total. The van der Waals surface area contributed by atoms with Crippen molar-refractivity contribution < 1.29 is 38.5 Å². The Morgan fingerprint density at radius 2 is 1.78 bits per heavy atom. The van der Waals surface area contributed by atoms with Crippen LogP contribution in [0.15, 0.2) is 21.6 Å². The SMILES string of the molecule is F.F.F.[Hf][C]1=CC=CC1. The molecule has 0 aromatic heterocycles. The van der Waals surface area contributed by atoms with Gasteiger partial charge in [-0.25, -0.2) is 0 Å². The Balaban J connectivity index is -0.000000120. The molecule has 0 saturated heterocycles. The van der Waals surface area contributed by atoms with Crippen molar-refractivity contribution in [2.24, 2.45) is 0 Å². The van der Waals surface area contributed by atoms with E-state index in [2.05, 4.69) is 18.2 Å². The summed E-state index contributed by atoms with van der Waals surface area (Å²) in [6.45, 7) is 0. The van der Waals surface area contributed by atoms with Crippen LogP contribution in [0.1, 0.15) is 6.42 Å². The second-order valence-corrected chi connectivity index (χ2v) is 3.63. The van der Waals surface area contributed by atoms with Crippen molar-refractivity contribution in [3.05, 3.63) is 21.6 Å². The minimum absolute atomic E-state index is 0. The summed E-state index contributed by atoms with van der Waals surface area (Å²) in [5.41, 5.74) is 0. The Hall–Kier alpha value is 0.140. The van der Waals surface area contributed by atoms with Crippen molar-refractivity contribution in [3.63, 3.8) is 0 Å². The molecule has 1 aliphatic rings. The number of halogens is 3. The van der Waals surface area contributed by atoms with Crippen molar-refractivity contribution in [3.8, 4) is 0 Å². The van der Waals surface area contributed by atoms with Crippen molar-refractivity contribution in [1.29, 1.82) is 0 Å². The van der Waals surface area contributed by atoms with E-state index >= 15 is 0 Å². The monoisotopic (exact) mass is 305 g/mol. The Morgan fingerprint density at radius 3 is 1.89 bits per heavy atom. The summed E-state index contributed by atoms with van der Waals surface area (Å²) in [5.74, 6) is 0. The Bertz CT molecular complexity index is 109. The van der Waals surface area contributed by atoms with Crippen molar-refractivity contribution >= 4 is 0 Å². The quantitative estimate of drug-likeness (QED) is 0.599. The van der Waals surface area contributed by atoms with Crippen LogP contribution >= 0.6 is 0 Å². The van der Waals surface area contributed by atoms with Gasteiger partial charge in [0.2, 0.25) is 0 Å². The zero-order valence-corrected chi connectivity index (χ0v) is 8.26. The van der Waals surface area contributed by atoms with Gasteiger partial charge in [0, 0.05) is 0 Å². The van der Waals surface area contributed by atoms with Crippen LogP contribution < -0.4 is 0 Å². The molecule has 4 heteroatoms. The van der Waals surface area contributed by atoms with Gasteiger partial charge in [-0.1, -0.05) is 0 Å². The van der Waals surface area contributed by atoms with Gasteiger partial charge in [0.1, 0.15) is 0 Å². The third-order valence-electron chi connectivity index (χ3n) is 0.771. The van der Waals surface area contributed by atoms with Crippen LogP contribution in [0.25, 0.3) is 0 Å². The molecule has 0 unspecified atom stereocenters. The van der Waals surface area contributed by atoms with E-state index in [9.17, 15) is 0 Å². The molecule has 0 aromatic carbocycles. The van der Waals surface area contributed by atoms with Crippen LogP contribution in [-0.2, 0) is 24.4 Å². The number of hydrogen-bond acceptors (Lipinski definition) is 0. The van der Waals surface area contributed by atoms with Gasteiger partial charge < -0.3 is 0 Å². The van der Waals surface area contributed by atoms with Gasteiger partial charge in [-0.15, -0.1) is 0 Å². The Labute approximate surface area is 66.7 Å². The Kier molecular flexibility index (Phi) is 14.5. The van der Waals surface area contributed by atoms with E-state index in [1.807, 2.05) is 0 Å². The predicted octanol–water partition coefficient (Wildman–Crippen LogP) is 1.83. The summed E-state index contributed by atoms with van der Waals surface area (Å²) < 4.78 is 1.61. The van der Waals surface area contributed by atoms with Crippen LogP contribution in [0.4, 0.5) is 14.1 Å². The first kappa shape index (κ1) is 16.1. The summed E-state index contributed by atoms with van der Waals surface area (Å²) in [6.07, 6.45) is 7.75. The molecular formula is C5H8F3Hf. The molecule has 0 amide bonds. The first-order valence-electron chi connectivity index (χ1n) is 1.97. The topological polar surface area (TPSA) is 0 Å². The average Bonchev–Trinajstić information content (AvgIpc) is 1.86. The standard InChI is InChI=1S/C5H5.3FH.Hf/c1-2-4-5-3-1;;;;/h1-3H,4H2;3*1H;. The maximum absolute atomic E-state index is 2.20. The van der Waals surface area contributed by atoms with Crippen LogP contribution in [-0.4, -0.2) is 0 Å². The Morgan fingerprint density at radius 1 is 1.22 bits per heavy atom. The zero-order chi connectivity index (χ0) is 4.41. The number of allylic oxidation sites excluding steroid dienone is 4. The first-order chi connectivity index (χ1) is 2.89. The van der Waals surface area contributed by atoms with E-state index in [4.69, 9.17) is 0 Å². The molecule has 0 saturated carbocycles. The van der Waals surface area contributed by atoms with E-state index in [0.29, 0.717) is 0 Å². The normalized spacial score (nSPS) is 12.1. The summed E-state index contributed by atoms with van der Waals surface area (Å²) in [7, 11) is 0. The van der Waals surface area contributed by atoms with Gasteiger partial charge in [-0.3, -0.25) is 14.1 Å². The van der Waals surface area contributed by atoms with E-state index in [-0.39, 0.29) is 14.1 Å². The molecule has 0 atom stereocenters. The second kappa shape index (κ2) is 8.14. The average molecular weight is 304 g/mol. The van der Waals surface area contributed by atoms with Gasteiger partial charge in [0.05, 0.1) is 0 Å². The van der Waals surface area contributed by atoms with Gasteiger partial charge in [0.25, 0.3) is 0 Å². The molecule has 53 valence electrons. The summed E-state index contributed by atoms with van der Waals surface area (Å²) in [6, 6.07) is 0. The molecule has 0 fully saturated rings. The van der Waals surface area contributed by atoms with Crippen LogP contribution in [0, 0.1) is 0 Å². The van der Waals surface area contributed by atoms with E-state index in [1.54, 1.807) is 3.33 Å². The third-order valence-corrected chi connectivity index (χ3v) is 2.10. The molecular weight excluding hydrogens is 296 g/mol. The molecule has 0 heterocycles. The number of rotatable bonds is 0. The fourth-order valence-corrected chi connectivity index (χ4v) is 1.22. The van der Waals surface area contributed by atoms with Crippen molar-refractivity contribution in [1.82, 2.24) is 0 Å².